The van der Waals surface area contributed by atoms with Gasteiger partial charge < -0.3 is 47.5 Å². The van der Waals surface area contributed by atoms with E-state index in [1.165, 1.54) is 36.4 Å². The van der Waals surface area contributed by atoms with Crippen molar-refractivity contribution in [2.75, 3.05) is 0 Å². The lowest BCUT2D eigenvalue weighted by Gasteiger charge is -2.20. The molecule has 0 bridgehead atoms. The molecule has 0 fully saturated rings. The first-order valence-corrected chi connectivity index (χ1v) is 13.3. The zero-order chi connectivity index (χ0) is 23.2. The van der Waals surface area contributed by atoms with E-state index in [9.17, 15) is 38.5 Å². The third-order valence-electron chi connectivity index (χ3n) is 4.50. The summed E-state index contributed by atoms with van der Waals surface area (Å²) in [6, 6.07) is 8.55. The molecule has 0 saturated carbocycles. The Balaban J connectivity index is 2.17. The van der Waals surface area contributed by atoms with E-state index in [0.29, 0.717) is 32.3 Å². The van der Waals surface area contributed by atoms with E-state index < -0.39 is 33.7 Å². The molecule has 4 aromatic rings. The predicted molar refractivity (Wildman–Crippen MR) is 118 cm³/mol. The molecule has 2 atom stereocenters. The van der Waals surface area contributed by atoms with Crippen molar-refractivity contribution in [3.05, 3.63) is 36.4 Å². The van der Waals surface area contributed by atoms with Gasteiger partial charge in [-0.2, -0.15) is 0 Å². The van der Waals surface area contributed by atoms with Gasteiger partial charge in [0.1, 0.15) is 23.0 Å². The maximum Gasteiger partial charge on any atom is 0.391 e. The molecule has 0 amide bonds. The van der Waals surface area contributed by atoms with Crippen molar-refractivity contribution in [1.82, 2.24) is 0 Å². The standard InChI is InChI=1S/C16H14O12P4/c17-29(18)25-11-5-13(27-31(21)22)9-3-4-10-14(28-32(23)24)6-12(26-30(19)20)8-2-1-7(11)15(9)16(8)10/h1-6,17-18,23-24,30-31H,(H,19,20)(H,21,22). The van der Waals surface area contributed by atoms with E-state index in [2.05, 4.69) is 0 Å². The highest BCUT2D eigenvalue weighted by Crippen LogP contribution is 2.51. The molecule has 12 nitrogen and oxygen atoms in total. The molecular formula is C16H14O12P4. The molecule has 4 aromatic carbocycles. The van der Waals surface area contributed by atoms with Crippen molar-refractivity contribution < 1.29 is 56.6 Å². The zero-order valence-corrected chi connectivity index (χ0v) is 19.3. The summed E-state index contributed by atoms with van der Waals surface area (Å²) in [6.45, 7) is 0. The molecule has 4 rings (SSSR count). The SMILES string of the molecule is O=[PH](O)Oc1cc(OP(O)O)c2ccc3c(O[PH](=O)O)cc(OP(O)O)c4ccc1c2c43. The molecule has 0 aliphatic heterocycles. The Morgan fingerprint density at radius 1 is 0.594 bits per heavy atom. The van der Waals surface area contributed by atoms with Gasteiger partial charge in [-0.05, 0) is 24.3 Å². The van der Waals surface area contributed by atoms with E-state index in [4.69, 9.17) is 18.1 Å². The molecule has 2 unspecified atom stereocenters. The topological polar surface area (TPSA) is 192 Å². The van der Waals surface area contributed by atoms with E-state index in [0.717, 1.165) is 0 Å². The minimum atomic E-state index is -3.45. The Bertz CT molecular complexity index is 1250. The highest BCUT2D eigenvalue weighted by molar-refractivity contribution is 7.40. The first-order chi connectivity index (χ1) is 15.2. The van der Waals surface area contributed by atoms with Crippen LogP contribution in [0.3, 0.4) is 0 Å². The summed E-state index contributed by atoms with van der Waals surface area (Å²) in [5.41, 5.74) is 0. The minimum Gasteiger partial charge on any atom is -0.426 e. The average Bonchev–Trinajstić information content (AvgIpc) is 2.68. The van der Waals surface area contributed by atoms with Gasteiger partial charge in [0.05, 0.1) is 0 Å². The van der Waals surface area contributed by atoms with Gasteiger partial charge >= 0.3 is 33.7 Å². The third-order valence-corrected chi connectivity index (χ3v) is 6.01. The van der Waals surface area contributed by atoms with Crippen LogP contribution in [0.5, 0.6) is 23.0 Å². The van der Waals surface area contributed by atoms with Crippen LogP contribution in [-0.2, 0) is 9.13 Å². The molecule has 32 heavy (non-hydrogen) atoms. The van der Waals surface area contributed by atoms with E-state index in [1.807, 2.05) is 0 Å². The highest BCUT2D eigenvalue weighted by Gasteiger charge is 2.23. The molecule has 0 saturated heterocycles. The van der Waals surface area contributed by atoms with Gasteiger partial charge in [-0.1, -0.05) is 0 Å². The van der Waals surface area contributed by atoms with Crippen LogP contribution < -0.4 is 18.1 Å². The lowest BCUT2D eigenvalue weighted by atomic mass is 9.92. The first kappa shape index (κ1) is 23.4. The van der Waals surface area contributed by atoms with Crippen LogP contribution in [0.4, 0.5) is 0 Å². The summed E-state index contributed by atoms with van der Waals surface area (Å²) in [4.78, 5) is 56.0. The summed E-state index contributed by atoms with van der Waals surface area (Å²) in [5.74, 6) is -0.336. The molecule has 6 N–H and O–H groups in total. The lowest BCUT2D eigenvalue weighted by molar-refractivity contribution is 0.373. The number of hydrogen-bond acceptors (Lipinski definition) is 10. The van der Waals surface area contributed by atoms with Gasteiger partial charge in [0.25, 0.3) is 0 Å². The maximum atomic E-state index is 11.4. The number of benzene rings is 4. The Kier molecular flexibility index (Phi) is 6.73. The van der Waals surface area contributed by atoms with Gasteiger partial charge in [-0.15, -0.1) is 0 Å². The molecule has 0 heterocycles. The first-order valence-electron chi connectivity index (χ1n) is 8.47. The minimum absolute atomic E-state index is 0.0719. The van der Waals surface area contributed by atoms with Gasteiger partial charge in [-0.25, -0.2) is 9.13 Å². The molecule has 16 heteroatoms. The summed E-state index contributed by atoms with van der Waals surface area (Å²) in [6.07, 6.45) is 0. The van der Waals surface area contributed by atoms with Crippen molar-refractivity contribution in [3.8, 4) is 23.0 Å². The van der Waals surface area contributed by atoms with Crippen LogP contribution in [0.15, 0.2) is 36.4 Å². The fourth-order valence-electron chi connectivity index (χ4n) is 3.55. The average molecular weight is 522 g/mol. The monoisotopic (exact) mass is 522 g/mol. The highest BCUT2D eigenvalue weighted by atomic mass is 31.2. The zero-order valence-electron chi connectivity index (χ0n) is 15.5. The smallest absolute Gasteiger partial charge is 0.391 e. The summed E-state index contributed by atoms with van der Waals surface area (Å²) in [7, 11) is -12.6. The second-order valence-corrected chi connectivity index (χ2v) is 9.09. The second-order valence-electron chi connectivity index (χ2n) is 6.24. The summed E-state index contributed by atoms with van der Waals surface area (Å²) < 4.78 is 43.0. The van der Waals surface area contributed by atoms with Crippen molar-refractivity contribution in [2.24, 2.45) is 0 Å². The fourth-order valence-corrected chi connectivity index (χ4v) is 4.92. The molecule has 0 radical (unpaired) electrons. The molecule has 0 aromatic heterocycles. The van der Waals surface area contributed by atoms with Crippen LogP contribution in [0.2, 0.25) is 0 Å². The molecule has 0 spiro atoms. The van der Waals surface area contributed by atoms with Gasteiger partial charge in [0.2, 0.25) is 0 Å². The third kappa shape index (κ3) is 4.49. The predicted octanol–water partition coefficient (Wildman–Crippen LogP) is 3.29. The largest absolute Gasteiger partial charge is 0.426 e. The van der Waals surface area contributed by atoms with Crippen molar-refractivity contribution >= 4 is 66.0 Å². The van der Waals surface area contributed by atoms with Crippen molar-refractivity contribution in [3.63, 3.8) is 0 Å². The Morgan fingerprint density at radius 2 is 0.906 bits per heavy atom. The quantitative estimate of drug-likeness (QED) is 0.146. The summed E-state index contributed by atoms with van der Waals surface area (Å²) >= 11 is 0. The van der Waals surface area contributed by atoms with E-state index in [-0.39, 0.29) is 23.0 Å². The summed E-state index contributed by atoms with van der Waals surface area (Å²) in [5, 5.41) is 2.03. The van der Waals surface area contributed by atoms with Crippen molar-refractivity contribution in [1.29, 1.82) is 0 Å². The Morgan fingerprint density at radius 3 is 1.19 bits per heavy atom. The Labute approximate surface area is 182 Å². The van der Waals surface area contributed by atoms with Crippen LogP contribution >= 0.6 is 33.7 Å². The Hall–Kier alpha value is -1.80. The van der Waals surface area contributed by atoms with Crippen LogP contribution in [0, 0.1) is 0 Å². The van der Waals surface area contributed by atoms with Crippen LogP contribution in [0.1, 0.15) is 0 Å². The normalized spacial score (nSPS) is 13.9. The van der Waals surface area contributed by atoms with Gasteiger partial charge in [0.15, 0.2) is 0 Å². The van der Waals surface area contributed by atoms with Gasteiger partial charge in [-0.3, -0.25) is 0 Å². The second kappa shape index (κ2) is 9.21. The lowest BCUT2D eigenvalue weighted by Crippen LogP contribution is -1.95. The molecular weight excluding hydrogens is 508 g/mol. The van der Waals surface area contributed by atoms with Crippen LogP contribution in [-0.4, -0.2) is 29.4 Å². The number of hydrogen-bond donors (Lipinski definition) is 6. The van der Waals surface area contributed by atoms with Gasteiger partial charge in [0, 0.05) is 44.5 Å². The van der Waals surface area contributed by atoms with E-state index >= 15 is 0 Å². The van der Waals surface area contributed by atoms with E-state index in [1.54, 1.807) is 0 Å². The van der Waals surface area contributed by atoms with Crippen molar-refractivity contribution in [2.45, 2.75) is 0 Å². The van der Waals surface area contributed by atoms with Crippen LogP contribution in [0.25, 0.3) is 32.3 Å². The number of rotatable bonds is 8. The maximum absolute atomic E-state index is 11.4. The fraction of sp³-hybridized carbons (Fsp3) is 0. The molecule has 0 aliphatic rings. The molecule has 0 aliphatic carbocycles. The molecule has 170 valence electrons.